The Morgan fingerprint density at radius 2 is 2.23 bits per heavy atom. The normalized spacial score (nSPS) is 13.7. The smallest absolute Gasteiger partial charge is 0.244 e. The number of carbonyl (C=O) groups is 1. The Labute approximate surface area is 132 Å². The second kappa shape index (κ2) is 6.45. The summed E-state index contributed by atoms with van der Waals surface area (Å²) >= 11 is 1.32. The topological polar surface area (TPSA) is 98.7 Å². The first-order valence-electron chi connectivity index (χ1n) is 7.21. The van der Waals surface area contributed by atoms with Crippen LogP contribution in [0.5, 0.6) is 0 Å². The van der Waals surface area contributed by atoms with Crippen molar-refractivity contribution >= 4 is 17.7 Å². The molecule has 0 saturated carbocycles. The number of aryl methyl sites for hydroxylation is 1. The average Bonchev–Trinajstić information content (AvgIpc) is 2.90. The predicted molar refractivity (Wildman–Crippen MR) is 83.6 cm³/mol. The van der Waals surface area contributed by atoms with Crippen molar-refractivity contribution in [1.82, 2.24) is 25.2 Å². The number of nitrogens with two attached hydrogens (primary N) is 1. The van der Waals surface area contributed by atoms with Gasteiger partial charge in [-0.15, -0.1) is 0 Å². The summed E-state index contributed by atoms with van der Waals surface area (Å²) in [7, 11) is 0. The zero-order valence-electron chi connectivity index (χ0n) is 12.4. The summed E-state index contributed by atoms with van der Waals surface area (Å²) in [4.78, 5) is 19.7. The number of nitrogens with zero attached hydrogens (tertiary/aromatic N) is 4. The number of hydrogen-bond acceptors (Lipinski definition) is 6. The van der Waals surface area contributed by atoms with Gasteiger partial charge in [0.2, 0.25) is 5.91 Å². The third kappa shape index (κ3) is 2.97. The van der Waals surface area contributed by atoms with Gasteiger partial charge in [-0.25, -0.2) is 20.5 Å². The van der Waals surface area contributed by atoms with E-state index in [9.17, 15) is 4.79 Å². The highest BCUT2D eigenvalue weighted by Crippen LogP contribution is 2.26. The molecule has 1 aliphatic carbocycles. The molecular weight excluding hydrogens is 300 g/mol. The highest BCUT2D eigenvalue weighted by Gasteiger charge is 2.20. The van der Waals surface area contributed by atoms with Crippen molar-refractivity contribution in [2.24, 2.45) is 5.84 Å². The van der Waals surface area contributed by atoms with Crippen molar-refractivity contribution in [3.8, 4) is 5.82 Å². The van der Waals surface area contributed by atoms with Gasteiger partial charge in [0, 0.05) is 11.8 Å². The Hall–Kier alpha value is -1.93. The number of carbonyl (C=O) groups excluding carboxylic acids is 1. The van der Waals surface area contributed by atoms with Gasteiger partial charge in [0.1, 0.15) is 11.4 Å². The first-order chi connectivity index (χ1) is 10.7. The van der Waals surface area contributed by atoms with Crippen LogP contribution in [0.2, 0.25) is 0 Å². The molecule has 116 valence electrons. The van der Waals surface area contributed by atoms with E-state index >= 15 is 0 Å². The van der Waals surface area contributed by atoms with E-state index in [0.717, 1.165) is 29.4 Å². The van der Waals surface area contributed by atoms with Gasteiger partial charge in [0.15, 0.2) is 5.82 Å². The molecule has 2 aromatic heterocycles. The number of hydrogen-bond donors (Lipinski definition) is 2. The molecule has 0 unspecified atom stereocenters. The van der Waals surface area contributed by atoms with Crippen LogP contribution in [0.1, 0.15) is 29.8 Å². The number of hydrazine groups is 1. The zero-order chi connectivity index (χ0) is 15.5. The van der Waals surface area contributed by atoms with Gasteiger partial charge in [-0.3, -0.25) is 10.2 Å². The molecule has 0 aliphatic heterocycles. The molecule has 0 spiro atoms. The van der Waals surface area contributed by atoms with Gasteiger partial charge in [-0.1, -0.05) is 11.8 Å². The SMILES string of the molecule is Cc1nn(-c2cc(SCC(=O)NN)ncn2)c2c1CCCC2. The molecule has 0 fully saturated rings. The molecule has 0 radical (unpaired) electrons. The summed E-state index contributed by atoms with van der Waals surface area (Å²) in [5, 5.41) is 5.36. The van der Waals surface area contributed by atoms with E-state index in [1.54, 1.807) is 0 Å². The second-order valence-electron chi connectivity index (χ2n) is 5.20. The number of fused-ring (bicyclic) bond motifs is 1. The standard InChI is InChI=1S/C14H18N6OS/c1-9-10-4-2-3-5-11(10)20(19-9)12-6-14(17-8-16-12)22-7-13(21)18-15/h6,8H,2-5,7,15H2,1H3,(H,18,21). The fraction of sp³-hybridized carbons (Fsp3) is 0.429. The Morgan fingerprint density at radius 3 is 3.05 bits per heavy atom. The number of amides is 1. The van der Waals surface area contributed by atoms with Crippen LogP contribution < -0.4 is 11.3 Å². The number of rotatable bonds is 4. The molecule has 22 heavy (non-hydrogen) atoms. The Kier molecular flexibility index (Phi) is 4.39. The lowest BCUT2D eigenvalue weighted by molar-refractivity contribution is -0.118. The summed E-state index contributed by atoms with van der Waals surface area (Å²) in [5.41, 5.74) is 5.78. The first kappa shape index (κ1) is 15.0. The van der Waals surface area contributed by atoms with Crippen LogP contribution >= 0.6 is 11.8 Å². The largest absolute Gasteiger partial charge is 0.294 e. The molecule has 0 bridgehead atoms. The molecule has 1 amide bonds. The van der Waals surface area contributed by atoms with Crippen molar-refractivity contribution in [3.63, 3.8) is 0 Å². The number of nitrogens with one attached hydrogen (secondary N) is 1. The van der Waals surface area contributed by atoms with Gasteiger partial charge in [0.05, 0.1) is 11.4 Å². The Morgan fingerprint density at radius 1 is 1.41 bits per heavy atom. The maximum Gasteiger partial charge on any atom is 0.244 e. The third-order valence-corrected chi connectivity index (χ3v) is 4.66. The fourth-order valence-corrected chi connectivity index (χ4v) is 3.35. The van der Waals surface area contributed by atoms with E-state index in [0.29, 0.717) is 0 Å². The summed E-state index contributed by atoms with van der Waals surface area (Å²) in [6.07, 6.45) is 6.02. The molecule has 2 aromatic rings. The van der Waals surface area contributed by atoms with Crippen LogP contribution in [0, 0.1) is 6.92 Å². The average molecular weight is 318 g/mol. The Balaban J connectivity index is 1.88. The third-order valence-electron chi connectivity index (χ3n) is 3.74. The summed E-state index contributed by atoms with van der Waals surface area (Å²) in [5.74, 6) is 5.81. The first-order valence-corrected chi connectivity index (χ1v) is 8.19. The van der Waals surface area contributed by atoms with Crippen LogP contribution in [0.25, 0.3) is 5.82 Å². The van der Waals surface area contributed by atoms with Gasteiger partial charge < -0.3 is 0 Å². The minimum atomic E-state index is -0.238. The van der Waals surface area contributed by atoms with Crippen molar-refractivity contribution in [1.29, 1.82) is 0 Å². The minimum Gasteiger partial charge on any atom is -0.294 e. The molecule has 2 heterocycles. The van der Waals surface area contributed by atoms with Crippen LogP contribution in [-0.4, -0.2) is 31.4 Å². The maximum atomic E-state index is 11.2. The van der Waals surface area contributed by atoms with Gasteiger partial charge in [-0.2, -0.15) is 5.10 Å². The molecule has 0 saturated heterocycles. The molecule has 0 aromatic carbocycles. The molecule has 0 atom stereocenters. The van der Waals surface area contributed by atoms with E-state index in [-0.39, 0.29) is 11.7 Å². The quantitative estimate of drug-likeness (QED) is 0.286. The summed E-state index contributed by atoms with van der Waals surface area (Å²) in [6.45, 7) is 2.04. The zero-order valence-corrected chi connectivity index (χ0v) is 13.2. The highest BCUT2D eigenvalue weighted by atomic mass is 32.2. The lowest BCUT2D eigenvalue weighted by Gasteiger charge is -2.13. The van der Waals surface area contributed by atoms with Crippen LogP contribution in [0.3, 0.4) is 0 Å². The number of aromatic nitrogens is 4. The predicted octanol–water partition coefficient (Wildman–Crippen LogP) is 0.932. The van der Waals surface area contributed by atoms with Crippen molar-refractivity contribution in [3.05, 3.63) is 29.3 Å². The monoisotopic (exact) mass is 318 g/mol. The van der Waals surface area contributed by atoms with Crippen molar-refractivity contribution in [2.75, 3.05) is 5.75 Å². The molecule has 7 nitrogen and oxygen atoms in total. The summed E-state index contributed by atoms with van der Waals surface area (Å²) < 4.78 is 1.92. The molecule has 1 aliphatic rings. The number of thioether (sulfide) groups is 1. The lowest BCUT2D eigenvalue weighted by Crippen LogP contribution is -2.31. The Bertz CT molecular complexity index is 699. The van der Waals surface area contributed by atoms with Gasteiger partial charge in [-0.05, 0) is 38.2 Å². The molecule has 3 N–H and O–H groups in total. The van der Waals surface area contributed by atoms with E-state index in [1.165, 1.54) is 42.2 Å². The van der Waals surface area contributed by atoms with E-state index in [4.69, 9.17) is 5.84 Å². The van der Waals surface area contributed by atoms with Crippen LogP contribution in [0.15, 0.2) is 17.4 Å². The van der Waals surface area contributed by atoms with E-state index < -0.39 is 0 Å². The van der Waals surface area contributed by atoms with Gasteiger partial charge in [0.25, 0.3) is 0 Å². The van der Waals surface area contributed by atoms with Crippen LogP contribution in [-0.2, 0) is 17.6 Å². The van der Waals surface area contributed by atoms with Crippen molar-refractivity contribution in [2.45, 2.75) is 37.6 Å². The second-order valence-corrected chi connectivity index (χ2v) is 6.20. The summed E-state index contributed by atoms with van der Waals surface area (Å²) in [6, 6.07) is 1.86. The molecule has 3 rings (SSSR count). The molecule has 8 heteroatoms. The lowest BCUT2D eigenvalue weighted by atomic mass is 9.96. The van der Waals surface area contributed by atoms with E-state index in [1.807, 2.05) is 17.7 Å². The maximum absolute atomic E-state index is 11.2. The van der Waals surface area contributed by atoms with Gasteiger partial charge >= 0.3 is 0 Å². The van der Waals surface area contributed by atoms with Crippen LogP contribution in [0.4, 0.5) is 0 Å². The minimum absolute atomic E-state index is 0.225. The fourth-order valence-electron chi connectivity index (χ4n) is 2.68. The van der Waals surface area contributed by atoms with Crippen molar-refractivity contribution < 1.29 is 4.79 Å². The molecular formula is C14H18N6OS. The van der Waals surface area contributed by atoms with E-state index in [2.05, 4.69) is 20.5 Å². The highest BCUT2D eigenvalue weighted by molar-refractivity contribution is 7.99.